The van der Waals surface area contributed by atoms with Gasteiger partial charge in [0.2, 0.25) is 5.88 Å². The molecule has 0 N–H and O–H groups in total. The summed E-state index contributed by atoms with van der Waals surface area (Å²) in [7, 11) is 0. The highest BCUT2D eigenvalue weighted by Crippen LogP contribution is 2.29. The number of aryl methyl sites for hydroxylation is 1. The fourth-order valence-electron chi connectivity index (χ4n) is 4.04. The van der Waals surface area contributed by atoms with Gasteiger partial charge in [-0.25, -0.2) is 9.97 Å². The predicted molar refractivity (Wildman–Crippen MR) is 114 cm³/mol. The second kappa shape index (κ2) is 8.49. The van der Waals surface area contributed by atoms with Crippen molar-refractivity contribution in [2.24, 2.45) is 0 Å². The van der Waals surface area contributed by atoms with Gasteiger partial charge in [-0.05, 0) is 25.1 Å². The molecule has 8 nitrogen and oxygen atoms in total. The molecular formula is C22H26N6O2. The van der Waals surface area contributed by atoms with Gasteiger partial charge in [-0.2, -0.15) is 0 Å². The number of nitrogens with zero attached hydrogens (tertiary/aromatic N) is 6. The average molecular weight is 406 g/mol. The monoisotopic (exact) mass is 406 g/mol. The lowest BCUT2D eigenvalue weighted by molar-refractivity contribution is 0.139. The van der Waals surface area contributed by atoms with E-state index in [1.807, 2.05) is 6.92 Å². The van der Waals surface area contributed by atoms with Crippen molar-refractivity contribution < 1.29 is 9.47 Å². The third-order valence-electron chi connectivity index (χ3n) is 5.84. The molecule has 156 valence electrons. The molecule has 0 saturated carbocycles. The number of hydrogen-bond donors (Lipinski definition) is 0. The molecule has 2 fully saturated rings. The molecule has 8 heteroatoms. The zero-order valence-electron chi connectivity index (χ0n) is 17.2. The van der Waals surface area contributed by atoms with Gasteiger partial charge in [0.15, 0.2) is 0 Å². The third kappa shape index (κ3) is 4.06. The lowest BCUT2D eigenvalue weighted by Gasteiger charge is -2.36. The number of piperazine rings is 1. The fraction of sp³-hybridized carbons (Fsp3) is 0.455. The van der Waals surface area contributed by atoms with E-state index in [2.05, 4.69) is 47.9 Å². The van der Waals surface area contributed by atoms with Crippen LogP contribution in [0.25, 0.3) is 10.9 Å². The largest absolute Gasteiger partial charge is 0.471 e. The number of hydrogen-bond acceptors (Lipinski definition) is 8. The summed E-state index contributed by atoms with van der Waals surface area (Å²) in [5.74, 6) is 0.647. The molecule has 2 aliphatic heterocycles. The van der Waals surface area contributed by atoms with Crippen LogP contribution in [0, 0.1) is 6.92 Å². The van der Waals surface area contributed by atoms with E-state index < -0.39 is 0 Å². The van der Waals surface area contributed by atoms with Gasteiger partial charge >= 0.3 is 0 Å². The molecule has 2 saturated heterocycles. The molecule has 3 aromatic rings. The molecule has 2 aliphatic rings. The summed E-state index contributed by atoms with van der Waals surface area (Å²) in [5.41, 5.74) is 4.15. The van der Waals surface area contributed by atoms with Crippen LogP contribution in [0.2, 0.25) is 0 Å². The normalized spacial score (nSPS) is 20.0. The second-order valence-electron chi connectivity index (χ2n) is 7.84. The summed E-state index contributed by atoms with van der Waals surface area (Å²) in [6.45, 7) is 8.14. The van der Waals surface area contributed by atoms with Gasteiger partial charge in [-0.15, -0.1) is 0 Å². The molecule has 2 aromatic heterocycles. The summed E-state index contributed by atoms with van der Waals surface area (Å²) in [4.78, 5) is 22.5. The van der Waals surface area contributed by atoms with Crippen molar-refractivity contribution in [3.8, 4) is 5.88 Å². The van der Waals surface area contributed by atoms with Crippen molar-refractivity contribution >= 4 is 16.6 Å². The van der Waals surface area contributed by atoms with Crippen molar-refractivity contribution in [3.05, 3.63) is 48.3 Å². The van der Waals surface area contributed by atoms with E-state index in [0.717, 1.165) is 68.0 Å². The highest BCUT2D eigenvalue weighted by atomic mass is 16.5. The lowest BCUT2D eigenvalue weighted by atomic mass is 10.1. The Labute approximate surface area is 175 Å². The van der Waals surface area contributed by atoms with Gasteiger partial charge in [-0.3, -0.25) is 14.9 Å². The molecule has 0 spiro atoms. The molecule has 4 heterocycles. The molecule has 1 unspecified atom stereocenters. The van der Waals surface area contributed by atoms with E-state index in [9.17, 15) is 0 Å². The van der Waals surface area contributed by atoms with Crippen molar-refractivity contribution in [2.45, 2.75) is 26.0 Å². The van der Waals surface area contributed by atoms with E-state index in [4.69, 9.17) is 9.47 Å². The Balaban J connectivity index is 1.29. The minimum atomic E-state index is 0.0693. The van der Waals surface area contributed by atoms with Crippen molar-refractivity contribution in [1.29, 1.82) is 0 Å². The van der Waals surface area contributed by atoms with Crippen LogP contribution in [0.1, 0.15) is 17.8 Å². The second-order valence-corrected chi connectivity index (χ2v) is 7.84. The van der Waals surface area contributed by atoms with Gasteiger partial charge < -0.3 is 14.4 Å². The molecule has 1 aromatic carbocycles. The topological polar surface area (TPSA) is 76.5 Å². The number of fused-ring (bicyclic) bond motifs is 1. The Bertz CT molecular complexity index is 1020. The number of anilines is 1. The zero-order chi connectivity index (χ0) is 20.3. The van der Waals surface area contributed by atoms with E-state index >= 15 is 0 Å². The van der Waals surface area contributed by atoms with E-state index in [1.54, 1.807) is 18.7 Å². The first-order valence-electron chi connectivity index (χ1n) is 10.5. The Morgan fingerprint density at radius 1 is 1.07 bits per heavy atom. The summed E-state index contributed by atoms with van der Waals surface area (Å²) >= 11 is 0. The van der Waals surface area contributed by atoms with Crippen LogP contribution >= 0.6 is 0 Å². The van der Waals surface area contributed by atoms with E-state index in [1.165, 1.54) is 5.69 Å². The highest BCUT2D eigenvalue weighted by molar-refractivity contribution is 5.86. The minimum absolute atomic E-state index is 0.0693. The molecule has 5 rings (SSSR count). The highest BCUT2D eigenvalue weighted by Gasteiger charge is 2.21. The molecular weight excluding hydrogens is 380 g/mol. The maximum atomic E-state index is 6.11. The van der Waals surface area contributed by atoms with Crippen molar-refractivity contribution in [1.82, 2.24) is 24.8 Å². The molecule has 0 bridgehead atoms. The maximum absolute atomic E-state index is 6.11. The Kier molecular flexibility index (Phi) is 5.42. The summed E-state index contributed by atoms with van der Waals surface area (Å²) in [5, 5.41) is 0.958. The summed E-state index contributed by atoms with van der Waals surface area (Å²) < 4.78 is 11.5. The first-order chi connectivity index (χ1) is 14.8. The van der Waals surface area contributed by atoms with Gasteiger partial charge in [0, 0.05) is 57.2 Å². The van der Waals surface area contributed by atoms with Crippen molar-refractivity contribution in [3.63, 3.8) is 0 Å². The van der Waals surface area contributed by atoms with Crippen LogP contribution in [0.15, 0.2) is 36.9 Å². The van der Waals surface area contributed by atoms with Crippen LogP contribution in [-0.4, -0.2) is 70.3 Å². The third-order valence-corrected chi connectivity index (χ3v) is 5.84. The first kappa shape index (κ1) is 19.1. The van der Waals surface area contributed by atoms with Crippen LogP contribution in [-0.2, 0) is 11.3 Å². The van der Waals surface area contributed by atoms with Crippen LogP contribution < -0.4 is 9.64 Å². The Morgan fingerprint density at radius 2 is 1.93 bits per heavy atom. The molecule has 30 heavy (non-hydrogen) atoms. The van der Waals surface area contributed by atoms with Gasteiger partial charge in [0.1, 0.15) is 12.4 Å². The van der Waals surface area contributed by atoms with E-state index in [0.29, 0.717) is 12.5 Å². The van der Waals surface area contributed by atoms with Crippen LogP contribution in [0.5, 0.6) is 5.88 Å². The number of ether oxygens (including phenoxy) is 2. The number of rotatable bonds is 5. The van der Waals surface area contributed by atoms with Crippen LogP contribution in [0.3, 0.4) is 0 Å². The number of benzene rings is 1. The zero-order valence-corrected chi connectivity index (χ0v) is 17.2. The first-order valence-corrected chi connectivity index (χ1v) is 10.5. The van der Waals surface area contributed by atoms with Gasteiger partial charge in [0.25, 0.3) is 0 Å². The minimum Gasteiger partial charge on any atom is -0.471 e. The molecule has 0 amide bonds. The molecule has 0 aliphatic carbocycles. The van der Waals surface area contributed by atoms with Gasteiger partial charge in [-0.1, -0.05) is 0 Å². The summed E-state index contributed by atoms with van der Waals surface area (Å²) in [6.07, 6.45) is 6.06. The quantitative estimate of drug-likeness (QED) is 0.638. The Morgan fingerprint density at radius 3 is 2.73 bits per heavy atom. The lowest BCUT2D eigenvalue weighted by Crippen LogP contribution is -2.46. The maximum Gasteiger partial charge on any atom is 0.224 e. The van der Waals surface area contributed by atoms with E-state index in [-0.39, 0.29) is 6.10 Å². The van der Waals surface area contributed by atoms with Gasteiger partial charge in [0.05, 0.1) is 35.5 Å². The summed E-state index contributed by atoms with van der Waals surface area (Å²) in [6, 6.07) is 6.35. The predicted octanol–water partition coefficient (Wildman–Crippen LogP) is 2.22. The van der Waals surface area contributed by atoms with Crippen LogP contribution in [0.4, 0.5) is 5.69 Å². The average Bonchev–Trinajstić information content (AvgIpc) is 3.29. The fourth-order valence-corrected chi connectivity index (χ4v) is 4.04. The molecule has 0 radical (unpaired) electrons. The Hall–Kier alpha value is -2.84. The number of aromatic nitrogens is 4. The smallest absolute Gasteiger partial charge is 0.224 e. The van der Waals surface area contributed by atoms with Crippen molar-refractivity contribution in [2.75, 3.05) is 44.3 Å². The molecule has 1 atom stereocenters. The standard InChI is InChI=1S/C22H26N6O2/c1-16-21(24-6-5-23-16)13-27-7-9-28(10-8-27)17-2-3-20-19(12-17)22(26-15-25-20)30-18-4-11-29-14-18/h2-3,5-6,12,15,18H,4,7-11,13-14H2,1H3. The SMILES string of the molecule is Cc1nccnc1CN1CCN(c2ccc3ncnc(OC4CCOC4)c3c2)CC1.